The molecule has 1 aromatic rings. The molecule has 8 nitrogen and oxygen atoms in total. The summed E-state index contributed by atoms with van der Waals surface area (Å²) in [5.41, 5.74) is 0. The van der Waals surface area contributed by atoms with Crippen LogP contribution < -0.4 is 14.8 Å². The van der Waals surface area contributed by atoms with Crippen molar-refractivity contribution in [3.05, 3.63) is 12.0 Å². The first-order chi connectivity index (χ1) is 8.82. The number of carbonyl (C=O) groups is 1. The van der Waals surface area contributed by atoms with Crippen LogP contribution in [0.3, 0.4) is 0 Å². The second-order valence-electron chi connectivity index (χ2n) is 3.95. The lowest BCUT2D eigenvalue weighted by molar-refractivity contribution is -0.117. The fourth-order valence-electron chi connectivity index (χ4n) is 1.73. The fourth-order valence-corrected chi connectivity index (χ4v) is 2.46. The van der Waals surface area contributed by atoms with Crippen molar-refractivity contribution in [1.29, 1.82) is 0 Å². The Labute approximate surface area is 108 Å². The lowest BCUT2D eigenvalue weighted by atomic mass is 10.4. The van der Waals surface area contributed by atoms with Crippen LogP contribution in [-0.2, 0) is 14.8 Å². The Hall–Kier alpha value is -1.81. The number of rotatable bonds is 3. The van der Waals surface area contributed by atoms with E-state index in [1.807, 2.05) is 0 Å². The molecular formula is C9H11FN4O4S. The maximum Gasteiger partial charge on any atom is 0.318 e. The number of hydrogen-bond donors (Lipinski definition) is 1. The lowest BCUT2D eigenvalue weighted by Crippen LogP contribution is -2.32. The first-order valence-corrected chi connectivity index (χ1v) is 6.82. The number of carbonyl (C=O) groups excluding carboxylic acids is 1. The summed E-state index contributed by atoms with van der Waals surface area (Å²) in [5, 5.41) is 3.91. The van der Waals surface area contributed by atoms with E-state index in [-0.39, 0.29) is 24.8 Å². The number of hydrogen-bond acceptors (Lipinski definition) is 6. The number of anilines is 1. The summed E-state index contributed by atoms with van der Waals surface area (Å²) >= 11 is 0. The Balaban J connectivity index is 2.35. The average Bonchev–Trinajstić information content (AvgIpc) is 2.72. The molecule has 2 heterocycles. The van der Waals surface area contributed by atoms with Crippen molar-refractivity contribution in [2.24, 2.45) is 5.14 Å². The van der Waals surface area contributed by atoms with Gasteiger partial charge < -0.3 is 4.74 Å². The largest absolute Gasteiger partial charge is 0.467 e. The highest BCUT2D eigenvalue weighted by atomic mass is 32.2. The molecule has 19 heavy (non-hydrogen) atoms. The highest BCUT2D eigenvalue weighted by Crippen LogP contribution is 2.25. The molecule has 1 aliphatic heterocycles. The fraction of sp³-hybridized carbons (Fsp3) is 0.444. The van der Waals surface area contributed by atoms with Gasteiger partial charge in [0.15, 0.2) is 11.6 Å². The van der Waals surface area contributed by atoms with Crippen molar-refractivity contribution in [1.82, 2.24) is 9.97 Å². The van der Waals surface area contributed by atoms with Gasteiger partial charge in [0.2, 0.25) is 15.9 Å². The number of nitrogens with zero attached hydrogens (tertiary/aromatic N) is 3. The van der Waals surface area contributed by atoms with E-state index in [9.17, 15) is 17.6 Å². The van der Waals surface area contributed by atoms with Crippen LogP contribution in [0.2, 0.25) is 0 Å². The highest BCUT2D eigenvalue weighted by molar-refractivity contribution is 7.89. The minimum absolute atomic E-state index is 0.122. The normalized spacial score (nSPS) is 19.8. The van der Waals surface area contributed by atoms with Gasteiger partial charge in [0.05, 0.1) is 13.3 Å². The number of sulfonamides is 1. The van der Waals surface area contributed by atoms with Crippen LogP contribution in [0.4, 0.5) is 10.2 Å². The summed E-state index contributed by atoms with van der Waals surface area (Å²) in [6, 6.07) is -0.122. The predicted molar refractivity (Wildman–Crippen MR) is 62.4 cm³/mol. The number of halogens is 1. The van der Waals surface area contributed by atoms with Gasteiger partial charge in [0, 0.05) is 13.0 Å². The Kier molecular flexibility index (Phi) is 3.37. The molecule has 0 aliphatic carbocycles. The second kappa shape index (κ2) is 4.70. The highest BCUT2D eigenvalue weighted by Gasteiger charge is 2.39. The third kappa shape index (κ3) is 2.63. The molecule has 1 fully saturated rings. The number of nitrogens with two attached hydrogens (primary N) is 1. The average molecular weight is 290 g/mol. The van der Waals surface area contributed by atoms with Gasteiger partial charge in [-0.2, -0.15) is 4.98 Å². The Morgan fingerprint density at radius 3 is 2.79 bits per heavy atom. The van der Waals surface area contributed by atoms with Crippen molar-refractivity contribution in [3.63, 3.8) is 0 Å². The molecule has 1 aliphatic rings. The van der Waals surface area contributed by atoms with E-state index in [0.717, 1.165) is 11.1 Å². The minimum atomic E-state index is -3.86. The van der Waals surface area contributed by atoms with Gasteiger partial charge in [0.1, 0.15) is 5.25 Å². The molecule has 1 aromatic heterocycles. The van der Waals surface area contributed by atoms with Gasteiger partial charge in [-0.1, -0.05) is 0 Å². The van der Waals surface area contributed by atoms with Gasteiger partial charge in [-0.25, -0.2) is 22.9 Å². The standard InChI is InChI=1S/C9H11FN4O4S/c1-18-9-12-3-6(10)8(13-9)14-4-5(2-7(14)15)19(11,16)17/h3,5H,2,4H2,1H3,(H2,11,16,17). The Morgan fingerprint density at radius 2 is 2.26 bits per heavy atom. The number of ether oxygens (including phenoxy) is 1. The van der Waals surface area contributed by atoms with E-state index in [4.69, 9.17) is 9.88 Å². The molecule has 10 heteroatoms. The van der Waals surface area contributed by atoms with Crippen molar-refractivity contribution >= 4 is 21.7 Å². The van der Waals surface area contributed by atoms with Crippen LogP contribution in [0.15, 0.2) is 6.20 Å². The first kappa shape index (κ1) is 13.6. The monoisotopic (exact) mass is 290 g/mol. The zero-order valence-corrected chi connectivity index (χ0v) is 10.7. The van der Waals surface area contributed by atoms with Gasteiger partial charge in [-0.05, 0) is 0 Å². The summed E-state index contributed by atoms with van der Waals surface area (Å²) < 4.78 is 40.8. The van der Waals surface area contributed by atoms with Crippen molar-refractivity contribution in [2.45, 2.75) is 11.7 Å². The van der Waals surface area contributed by atoms with Crippen LogP contribution >= 0.6 is 0 Å². The maximum absolute atomic E-state index is 13.6. The third-order valence-corrected chi connectivity index (χ3v) is 3.94. The van der Waals surface area contributed by atoms with E-state index < -0.39 is 27.0 Å². The summed E-state index contributed by atoms with van der Waals surface area (Å²) in [6.07, 6.45) is 0.545. The molecule has 0 radical (unpaired) electrons. The lowest BCUT2D eigenvalue weighted by Gasteiger charge is -2.15. The molecule has 104 valence electrons. The maximum atomic E-state index is 13.6. The third-order valence-electron chi connectivity index (χ3n) is 2.70. The Bertz CT molecular complexity index is 621. The zero-order valence-electron chi connectivity index (χ0n) is 9.91. The summed E-state index contributed by atoms with van der Waals surface area (Å²) in [4.78, 5) is 19.9. The number of aromatic nitrogens is 2. The zero-order chi connectivity index (χ0) is 14.2. The SMILES string of the molecule is COc1ncc(F)c(N2CC(S(N)(=O)=O)CC2=O)n1. The first-order valence-electron chi connectivity index (χ1n) is 5.21. The van der Waals surface area contributed by atoms with Gasteiger partial charge in [-0.3, -0.25) is 9.69 Å². The molecule has 0 aromatic carbocycles. The molecular weight excluding hydrogens is 279 g/mol. The van der Waals surface area contributed by atoms with Crippen LogP contribution in [0.1, 0.15) is 6.42 Å². The van der Waals surface area contributed by atoms with E-state index in [1.54, 1.807) is 0 Å². The van der Waals surface area contributed by atoms with Crippen LogP contribution in [0.5, 0.6) is 6.01 Å². The number of primary sulfonamides is 1. The van der Waals surface area contributed by atoms with Crippen molar-refractivity contribution < 1.29 is 22.3 Å². The van der Waals surface area contributed by atoms with Crippen LogP contribution in [0, 0.1) is 5.82 Å². The smallest absolute Gasteiger partial charge is 0.318 e. The van der Waals surface area contributed by atoms with Crippen LogP contribution in [0.25, 0.3) is 0 Å². The number of amides is 1. The summed E-state index contributed by atoms with van der Waals surface area (Å²) in [6.45, 7) is -0.241. The molecule has 1 amide bonds. The van der Waals surface area contributed by atoms with E-state index in [0.29, 0.717) is 0 Å². The molecule has 1 saturated heterocycles. The van der Waals surface area contributed by atoms with Crippen molar-refractivity contribution in [2.75, 3.05) is 18.6 Å². The molecule has 2 N–H and O–H groups in total. The predicted octanol–water partition coefficient (Wildman–Crippen LogP) is -0.982. The van der Waals surface area contributed by atoms with E-state index in [1.165, 1.54) is 7.11 Å². The molecule has 0 bridgehead atoms. The topological polar surface area (TPSA) is 115 Å². The van der Waals surface area contributed by atoms with E-state index in [2.05, 4.69) is 9.97 Å². The van der Waals surface area contributed by atoms with Crippen LogP contribution in [-0.4, -0.2) is 43.2 Å². The summed E-state index contributed by atoms with van der Waals surface area (Å²) in [7, 11) is -2.58. The minimum Gasteiger partial charge on any atom is -0.467 e. The quantitative estimate of drug-likeness (QED) is 0.764. The Morgan fingerprint density at radius 1 is 1.58 bits per heavy atom. The van der Waals surface area contributed by atoms with Gasteiger partial charge >= 0.3 is 6.01 Å². The van der Waals surface area contributed by atoms with E-state index >= 15 is 0 Å². The van der Waals surface area contributed by atoms with Gasteiger partial charge in [-0.15, -0.1) is 0 Å². The number of methoxy groups -OCH3 is 1. The summed E-state index contributed by atoms with van der Waals surface area (Å²) in [5.74, 6) is -1.73. The molecule has 1 unspecified atom stereocenters. The molecule has 2 rings (SSSR count). The molecule has 1 atom stereocenters. The van der Waals surface area contributed by atoms with Gasteiger partial charge in [0.25, 0.3) is 0 Å². The molecule has 0 spiro atoms. The second-order valence-corrected chi connectivity index (χ2v) is 5.79. The molecule has 0 saturated carbocycles. The van der Waals surface area contributed by atoms with Crippen molar-refractivity contribution in [3.8, 4) is 6.01 Å².